The van der Waals surface area contributed by atoms with Crippen molar-refractivity contribution in [3.8, 4) is 0 Å². The molecular weight excluding hydrogens is 318 g/mol. The van der Waals surface area contributed by atoms with Gasteiger partial charge in [0, 0.05) is 19.0 Å². The van der Waals surface area contributed by atoms with Crippen LogP contribution < -0.4 is 0 Å². The van der Waals surface area contributed by atoms with Crippen molar-refractivity contribution < 1.29 is 8.42 Å². The Morgan fingerprint density at radius 2 is 1.67 bits per heavy atom. The minimum absolute atomic E-state index is 0.283. The van der Waals surface area contributed by atoms with E-state index in [4.69, 9.17) is 0 Å². The SMILES string of the molecule is CC(C)c1ccccc1C1CN(S(=O)(=O)C(C)C)CC[C@@H]1C(C)C. The second kappa shape index (κ2) is 7.57. The summed E-state index contributed by atoms with van der Waals surface area (Å²) < 4.78 is 27.1. The highest BCUT2D eigenvalue weighted by molar-refractivity contribution is 7.89. The Kier molecular flexibility index (Phi) is 6.14. The molecule has 0 N–H and O–H groups in total. The summed E-state index contributed by atoms with van der Waals surface area (Å²) in [5.74, 6) is 1.82. The van der Waals surface area contributed by atoms with E-state index in [1.807, 2.05) is 0 Å². The first kappa shape index (κ1) is 19.5. The van der Waals surface area contributed by atoms with Crippen molar-refractivity contribution in [3.63, 3.8) is 0 Å². The highest BCUT2D eigenvalue weighted by atomic mass is 32.2. The fourth-order valence-corrected chi connectivity index (χ4v) is 5.30. The molecule has 0 radical (unpaired) electrons. The average Bonchev–Trinajstić information content (AvgIpc) is 2.53. The molecule has 136 valence electrons. The molecule has 4 heteroatoms. The zero-order valence-corrected chi connectivity index (χ0v) is 16.8. The van der Waals surface area contributed by atoms with E-state index in [1.165, 1.54) is 11.1 Å². The van der Waals surface area contributed by atoms with E-state index < -0.39 is 10.0 Å². The van der Waals surface area contributed by atoms with Gasteiger partial charge in [-0.3, -0.25) is 0 Å². The number of piperidine rings is 1. The molecule has 1 aromatic carbocycles. The third-order valence-corrected chi connectivity index (χ3v) is 7.70. The Hall–Kier alpha value is -0.870. The van der Waals surface area contributed by atoms with Crippen LogP contribution in [0.4, 0.5) is 0 Å². The number of benzene rings is 1. The first-order chi connectivity index (χ1) is 11.2. The van der Waals surface area contributed by atoms with Crippen LogP contribution in [0.2, 0.25) is 0 Å². The Bertz CT molecular complexity index is 649. The van der Waals surface area contributed by atoms with Crippen LogP contribution in [0.1, 0.15) is 70.9 Å². The maximum absolute atomic E-state index is 12.7. The van der Waals surface area contributed by atoms with Gasteiger partial charge in [-0.25, -0.2) is 12.7 Å². The topological polar surface area (TPSA) is 37.4 Å². The van der Waals surface area contributed by atoms with Gasteiger partial charge in [-0.15, -0.1) is 0 Å². The summed E-state index contributed by atoms with van der Waals surface area (Å²) in [6, 6.07) is 8.59. The van der Waals surface area contributed by atoms with Gasteiger partial charge < -0.3 is 0 Å². The zero-order valence-electron chi connectivity index (χ0n) is 16.0. The first-order valence-electron chi connectivity index (χ1n) is 9.24. The van der Waals surface area contributed by atoms with Crippen molar-refractivity contribution >= 4 is 10.0 Å². The number of hydrogen-bond donors (Lipinski definition) is 0. The van der Waals surface area contributed by atoms with Crippen LogP contribution >= 0.6 is 0 Å². The Labute approximate surface area is 148 Å². The van der Waals surface area contributed by atoms with Crippen molar-refractivity contribution in [2.24, 2.45) is 11.8 Å². The van der Waals surface area contributed by atoms with Crippen molar-refractivity contribution in [1.29, 1.82) is 0 Å². The fraction of sp³-hybridized carbons (Fsp3) is 0.700. The fourth-order valence-electron chi connectivity index (χ4n) is 3.97. The zero-order chi connectivity index (χ0) is 18.1. The smallest absolute Gasteiger partial charge is 0.212 e. The molecule has 1 heterocycles. The summed E-state index contributed by atoms with van der Waals surface area (Å²) in [6.45, 7) is 13.8. The molecule has 24 heavy (non-hydrogen) atoms. The molecule has 1 saturated heterocycles. The lowest BCUT2D eigenvalue weighted by molar-refractivity contribution is 0.191. The van der Waals surface area contributed by atoms with E-state index in [-0.39, 0.29) is 11.2 Å². The van der Waals surface area contributed by atoms with Crippen LogP contribution in [0.5, 0.6) is 0 Å². The first-order valence-corrected chi connectivity index (χ1v) is 10.7. The highest BCUT2D eigenvalue weighted by Crippen LogP contribution is 2.40. The molecule has 0 spiro atoms. The molecule has 2 rings (SSSR count). The predicted molar refractivity (Wildman–Crippen MR) is 102 cm³/mol. The van der Waals surface area contributed by atoms with Crippen LogP contribution in [0.25, 0.3) is 0 Å². The normalized spacial score (nSPS) is 23.4. The molecule has 0 amide bonds. The summed E-state index contributed by atoms with van der Waals surface area (Å²) in [4.78, 5) is 0. The van der Waals surface area contributed by atoms with E-state index in [0.29, 0.717) is 30.8 Å². The van der Waals surface area contributed by atoms with Crippen molar-refractivity contribution in [1.82, 2.24) is 4.31 Å². The van der Waals surface area contributed by atoms with Gasteiger partial charge in [-0.1, -0.05) is 52.0 Å². The number of hydrogen-bond acceptors (Lipinski definition) is 2. The quantitative estimate of drug-likeness (QED) is 0.777. The number of sulfonamides is 1. The predicted octanol–water partition coefficient (Wildman–Crippen LogP) is 4.61. The standard InChI is InChI=1S/C20H33NO2S/c1-14(2)17-9-7-8-10-19(17)20-13-21(24(22,23)16(5)6)12-11-18(20)15(3)4/h7-10,14-16,18,20H,11-13H2,1-6H3/t18-,20?/m1/s1. The summed E-state index contributed by atoms with van der Waals surface area (Å²) in [7, 11) is -3.19. The lowest BCUT2D eigenvalue weighted by atomic mass is 9.73. The lowest BCUT2D eigenvalue weighted by Gasteiger charge is -2.41. The van der Waals surface area contributed by atoms with Crippen LogP contribution in [0, 0.1) is 11.8 Å². The molecule has 1 aliphatic heterocycles. The van der Waals surface area contributed by atoms with Gasteiger partial charge in [0.05, 0.1) is 5.25 Å². The minimum Gasteiger partial charge on any atom is -0.212 e. The van der Waals surface area contributed by atoms with Crippen LogP contribution in [-0.4, -0.2) is 31.1 Å². The molecule has 3 nitrogen and oxygen atoms in total. The maximum Gasteiger partial charge on any atom is 0.216 e. The third-order valence-electron chi connectivity index (χ3n) is 5.46. The van der Waals surface area contributed by atoms with E-state index in [9.17, 15) is 8.42 Å². The van der Waals surface area contributed by atoms with Crippen molar-refractivity contribution in [2.75, 3.05) is 13.1 Å². The summed E-state index contributed by atoms with van der Waals surface area (Å²) in [6.07, 6.45) is 0.945. The molecule has 1 unspecified atom stereocenters. The maximum atomic E-state index is 12.7. The van der Waals surface area contributed by atoms with Crippen LogP contribution in [0.15, 0.2) is 24.3 Å². The Morgan fingerprint density at radius 1 is 1.04 bits per heavy atom. The average molecular weight is 352 g/mol. The molecule has 0 aromatic heterocycles. The van der Waals surface area contributed by atoms with E-state index in [1.54, 1.807) is 18.2 Å². The molecule has 0 saturated carbocycles. The van der Waals surface area contributed by atoms with E-state index >= 15 is 0 Å². The van der Waals surface area contributed by atoms with Gasteiger partial charge in [-0.05, 0) is 49.1 Å². The third kappa shape index (κ3) is 3.85. The summed E-state index contributed by atoms with van der Waals surface area (Å²) >= 11 is 0. The molecule has 1 fully saturated rings. The van der Waals surface area contributed by atoms with Gasteiger partial charge >= 0.3 is 0 Å². The number of rotatable bonds is 5. The van der Waals surface area contributed by atoms with Gasteiger partial charge in [0.15, 0.2) is 0 Å². The van der Waals surface area contributed by atoms with Gasteiger partial charge in [0.1, 0.15) is 0 Å². The molecule has 1 aliphatic rings. The molecule has 0 bridgehead atoms. The van der Waals surface area contributed by atoms with E-state index in [0.717, 1.165) is 6.42 Å². The minimum atomic E-state index is -3.19. The van der Waals surface area contributed by atoms with Gasteiger partial charge in [0.25, 0.3) is 0 Å². The molecular formula is C20H33NO2S. The monoisotopic (exact) mass is 351 g/mol. The van der Waals surface area contributed by atoms with Crippen LogP contribution in [0.3, 0.4) is 0 Å². The van der Waals surface area contributed by atoms with Crippen LogP contribution in [-0.2, 0) is 10.0 Å². The Balaban J connectivity index is 2.43. The second-order valence-corrected chi connectivity index (χ2v) is 10.5. The van der Waals surface area contributed by atoms with Gasteiger partial charge in [0.2, 0.25) is 10.0 Å². The largest absolute Gasteiger partial charge is 0.216 e. The van der Waals surface area contributed by atoms with Crippen molar-refractivity contribution in [2.45, 2.75) is 65.0 Å². The Morgan fingerprint density at radius 3 is 2.21 bits per heavy atom. The van der Waals surface area contributed by atoms with Gasteiger partial charge in [-0.2, -0.15) is 0 Å². The van der Waals surface area contributed by atoms with Crippen molar-refractivity contribution in [3.05, 3.63) is 35.4 Å². The molecule has 0 aliphatic carbocycles. The summed E-state index contributed by atoms with van der Waals surface area (Å²) in [5.41, 5.74) is 2.70. The number of nitrogens with zero attached hydrogens (tertiary/aromatic N) is 1. The second-order valence-electron chi connectivity index (χ2n) is 8.04. The molecule has 1 aromatic rings. The van der Waals surface area contributed by atoms with E-state index in [2.05, 4.69) is 52.0 Å². The molecule has 2 atom stereocenters. The highest BCUT2D eigenvalue weighted by Gasteiger charge is 2.38. The summed E-state index contributed by atoms with van der Waals surface area (Å²) in [5, 5.41) is -0.353. The lowest BCUT2D eigenvalue weighted by Crippen LogP contribution is -2.46.